The van der Waals surface area contributed by atoms with Crippen LogP contribution in [0.2, 0.25) is 40.2 Å². The topological polar surface area (TPSA) is 409 Å². The average Bonchev–Trinajstić information content (AvgIpc) is 0.766. The number of aromatic nitrogens is 4. The maximum Gasteiger partial charge on any atom is 0.411 e. The second-order valence-corrected chi connectivity index (χ2v) is 33.0. The Balaban J connectivity index is 0.000000253. The predicted molar refractivity (Wildman–Crippen MR) is 445 cm³/mol. The van der Waals surface area contributed by atoms with Crippen LogP contribution in [0, 0.1) is 11.8 Å². The Hall–Kier alpha value is -8.47. The summed E-state index contributed by atoms with van der Waals surface area (Å²) in [5.41, 5.74) is 3.06. The predicted octanol–water partition coefficient (Wildman–Crippen LogP) is 15.7. The Kier molecular flexibility index (Phi) is 39.9. The number of rotatable bonds is 21. The molecule has 4 bridgehead atoms. The van der Waals surface area contributed by atoms with E-state index in [4.69, 9.17) is 138 Å². The zero-order chi connectivity index (χ0) is 86.4. The first-order valence-corrected chi connectivity index (χ1v) is 41.4. The van der Waals surface area contributed by atoms with Crippen molar-refractivity contribution in [3.8, 4) is 0 Å². The third-order valence-electron chi connectivity index (χ3n) is 17.7. The van der Waals surface area contributed by atoms with E-state index in [1.165, 1.54) is 63.8 Å². The van der Waals surface area contributed by atoms with Crippen molar-refractivity contribution in [3.63, 3.8) is 0 Å². The summed E-state index contributed by atoms with van der Waals surface area (Å²) in [7, 11) is 9.92. The first-order chi connectivity index (χ1) is 55.4. The van der Waals surface area contributed by atoms with E-state index in [0.29, 0.717) is 28.9 Å². The average molecular weight is 1860 g/mol. The number of aliphatic carboxylic acids is 1. The molecule has 2 aliphatic carbocycles. The highest BCUT2D eigenvalue weighted by atomic mass is 36.0. The molecule has 4 saturated heterocycles. The van der Waals surface area contributed by atoms with E-state index < -0.39 is 92.0 Å². The summed E-state index contributed by atoms with van der Waals surface area (Å²) < 4.78 is 29.5. The number of hydrogen-bond donors (Lipinski definition) is 8. The number of amides is 6. The maximum atomic E-state index is 13.7. The van der Waals surface area contributed by atoms with Gasteiger partial charge in [0.15, 0.2) is 0 Å². The molecule has 2 unspecified atom stereocenters. The highest BCUT2D eigenvalue weighted by Gasteiger charge is 2.49. The molecule has 4 aromatic heterocycles. The molecule has 6 fully saturated rings. The molecule has 0 spiro atoms. The molecule has 6 amide bonds. The zero-order valence-corrected chi connectivity index (χ0v) is 71.8. The van der Waals surface area contributed by atoms with Crippen LogP contribution in [0.25, 0.3) is 0 Å². The minimum Gasteiger partial charge on any atom is -0.481 e. The minimum absolute atomic E-state index is 0.0344. The van der Waals surface area contributed by atoms with Gasteiger partial charge in [-0.1, -0.05) is 147 Å². The summed E-state index contributed by atoms with van der Waals surface area (Å²) in [6.07, 6.45) is 17.1. The molecule has 7 aromatic rings. The molecule has 628 valence electrons. The van der Waals surface area contributed by atoms with Gasteiger partial charge in [0.1, 0.15) is 30.3 Å². The lowest BCUT2D eigenvalue weighted by molar-refractivity contribution is -0.147. The molecular formula is C76H78Cl11N11O18S. The largest absolute Gasteiger partial charge is 0.481 e. The zero-order valence-electron chi connectivity index (χ0n) is 62.7. The molecule has 6 aliphatic rings. The Bertz CT molecular complexity index is 4520. The van der Waals surface area contributed by atoms with Crippen molar-refractivity contribution in [2.45, 2.75) is 140 Å². The van der Waals surface area contributed by atoms with Crippen molar-refractivity contribution in [3.05, 3.63) is 208 Å². The summed E-state index contributed by atoms with van der Waals surface area (Å²) in [6.45, 7) is 5.41. The van der Waals surface area contributed by atoms with Crippen LogP contribution >= 0.6 is 126 Å². The van der Waals surface area contributed by atoms with Gasteiger partial charge >= 0.3 is 36.1 Å². The van der Waals surface area contributed by atoms with Crippen LogP contribution in [0.1, 0.15) is 137 Å². The number of nitrogens with zero attached hydrogens (tertiary/aromatic N) is 5. The normalized spacial score (nSPS) is 17.1. The first-order valence-electron chi connectivity index (χ1n) is 35.2. The number of esters is 2. The number of fused-ring (bicyclic) bond motifs is 6. The number of ether oxygens (including phenoxy) is 4. The molecule has 3 aromatic carbocycles. The van der Waals surface area contributed by atoms with E-state index in [9.17, 15) is 52.7 Å². The first kappa shape index (κ1) is 97.4. The SMILES string of the molecule is CC(C)(C)OC(=O)NCCC(=O)O.COC(=O)[C@H](Cc1ccc(NC(=O)c2c(Cl)cncc2Cl)cc1)NC(=O)C1C2CCC(CC2)N1C(=O)OCc1ccccc1.COC(=O)[C@H](Cc1ccc(NC(=O)c2c(Cl)cncc2Cl)cc1)NC(=O)C1NC2CCC1CC2.O=C(Cl)c1c(Cl)cncc1Cl.O=C(O)c1c(Cl)cncc1Cl.O=S(Cl)Cl. The lowest BCUT2D eigenvalue weighted by Gasteiger charge is -2.49. The fraction of sp³-hybridized carbons (Fsp3) is 0.355. The van der Waals surface area contributed by atoms with E-state index >= 15 is 0 Å². The number of carbonyl (C=O) groups excluding carboxylic acids is 9. The Morgan fingerprint density at radius 3 is 1.28 bits per heavy atom. The summed E-state index contributed by atoms with van der Waals surface area (Å²) in [6, 6.07) is 20.5. The third kappa shape index (κ3) is 31.3. The smallest absolute Gasteiger partial charge is 0.411 e. The number of piperidine rings is 4. The molecule has 13 rings (SSSR count). The van der Waals surface area contributed by atoms with Gasteiger partial charge in [-0.3, -0.25) is 53.6 Å². The summed E-state index contributed by atoms with van der Waals surface area (Å²) in [4.78, 5) is 149. The standard InChI is InChI=1S/C32H32Cl2N4O6.C24H26Cl2N4O4.C8H15NO4.C6H2Cl3NO.C6H3Cl2NO2.Cl2OS/c1-43-31(41)26(15-19-7-11-22(12-8-19)36-29(39)27-24(33)16-35-17-25(27)34)37-30(40)28-21-9-13-23(14-10-21)38(28)32(42)44-18-20-5-3-2-4-6-20;1-34-24(33)19(30-23(32)21-14-4-8-15(28-21)9-5-14)10-13-2-6-16(7-3-13)29-22(31)20-17(25)11-27-12-18(20)26;1-8(2,3)13-7(12)9-5-4-6(10)11;7-3-1-10-2-4(8)5(3)6(9)11;7-3-1-9-2-4(8)5(3)6(10)11;1-4(2)3/h2-8,11-12,16-17,21,23,26,28H,9-10,13-15,18H2,1H3,(H,36,39)(H,37,40);2-3,6-7,11-12,14-15,19,21,28H,4-5,8-10H2,1H3,(H,29,31)(H,30,32);4-5H2,1-3H3,(H,9,12)(H,10,11);1-2H;1-2H,(H,10,11);/t21?,23?,26-,28?;14?,15?,19-,21?;;;;/m00..../s1. The highest BCUT2D eigenvalue weighted by Crippen LogP contribution is 2.41. The highest BCUT2D eigenvalue weighted by molar-refractivity contribution is 8.26. The Labute approximate surface area is 728 Å². The van der Waals surface area contributed by atoms with Gasteiger partial charge in [-0.05, 0) is 137 Å². The Morgan fingerprint density at radius 2 is 0.932 bits per heavy atom. The number of carbonyl (C=O) groups is 11. The van der Waals surface area contributed by atoms with Crippen molar-refractivity contribution < 1.29 is 86.1 Å². The molecule has 29 nitrogen and oxygen atoms in total. The lowest BCUT2D eigenvalue weighted by atomic mass is 9.74. The third-order valence-corrected chi connectivity index (χ3v) is 20.2. The number of benzene rings is 3. The molecule has 4 atom stereocenters. The number of carboxylic acids is 2. The molecule has 2 saturated carbocycles. The number of pyridine rings is 4. The summed E-state index contributed by atoms with van der Waals surface area (Å²) >= 11 is 51.6. The van der Waals surface area contributed by atoms with E-state index in [1.807, 2.05) is 30.3 Å². The number of alkyl carbamates (subject to hydrolysis) is 1. The quantitative estimate of drug-likeness (QED) is 0.0188. The van der Waals surface area contributed by atoms with Gasteiger partial charge in [-0.15, -0.1) is 0 Å². The Morgan fingerprint density at radius 1 is 0.538 bits per heavy atom. The van der Waals surface area contributed by atoms with Crippen LogP contribution in [0.5, 0.6) is 0 Å². The van der Waals surface area contributed by atoms with Gasteiger partial charge in [0.25, 0.3) is 17.1 Å². The number of carboxylic acid groups (broad SMARTS) is 2. The lowest BCUT2D eigenvalue weighted by Crippen LogP contribution is -2.64. The number of aromatic carboxylic acids is 1. The number of methoxy groups -OCH3 is 2. The van der Waals surface area contributed by atoms with Crippen molar-refractivity contribution in [1.29, 1.82) is 0 Å². The van der Waals surface area contributed by atoms with E-state index in [2.05, 4.69) is 73.2 Å². The van der Waals surface area contributed by atoms with Crippen molar-refractivity contribution in [1.82, 2.24) is 46.1 Å². The van der Waals surface area contributed by atoms with Crippen LogP contribution < -0.4 is 31.9 Å². The van der Waals surface area contributed by atoms with Crippen LogP contribution in [-0.4, -0.2) is 167 Å². The van der Waals surface area contributed by atoms with Gasteiger partial charge in [0.05, 0.1) is 89.1 Å². The van der Waals surface area contributed by atoms with Crippen LogP contribution in [0.15, 0.2) is 128 Å². The van der Waals surface area contributed by atoms with Crippen molar-refractivity contribution in [2.24, 2.45) is 11.8 Å². The minimum atomic E-state index is -1.67. The molecule has 4 aliphatic heterocycles. The second-order valence-electron chi connectivity index (χ2n) is 26.8. The van der Waals surface area contributed by atoms with Gasteiger partial charge in [0.2, 0.25) is 21.0 Å². The van der Waals surface area contributed by atoms with E-state index in [0.717, 1.165) is 62.5 Å². The number of halogens is 11. The molecule has 8 heterocycles. The summed E-state index contributed by atoms with van der Waals surface area (Å²) in [5, 5.41) is 34.0. The van der Waals surface area contributed by atoms with Gasteiger partial charge in [0, 0.05) is 114 Å². The molecule has 41 heteroatoms. The molecule has 0 radical (unpaired) electrons. The number of anilines is 2. The summed E-state index contributed by atoms with van der Waals surface area (Å²) in [5.74, 6) is -4.49. The van der Waals surface area contributed by atoms with Crippen LogP contribution in [-0.2, 0) is 71.6 Å². The fourth-order valence-electron chi connectivity index (χ4n) is 12.4. The van der Waals surface area contributed by atoms with Crippen LogP contribution in [0.4, 0.5) is 21.0 Å². The monoisotopic (exact) mass is 1850 g/mol. The molecule has 117 heavy (non-hydrogen) atoms. The fourth-order valence-corrected chi connectivity index (χ4v) is 14.8. The van der Waals surface area contributed by atoms with Crippen molar-refractivity contribution >= 4 is 211 Å². The molecule has 8 N–H and O–H groups in total. The number of hydrogen-bond acceptors (Lipinski definition) is 21. The van der Waals surface area contributed by atoms with Gasteiger partial charge in [-0.25, -0.2) is 28.2 Å². The van der Waals surface area contributed by atoms with E-state index in [1.54, 1.807) is 74.2 Å². The van der Waals surface area contributed by atoms with E-state index in [-0.39, 0.29) is 119 Å². The number of nitrogens with one attached hydrogen (secondary N) is 6. The van der Waals surface area contributed by atoms with Crippen LogP contribution in [0.3, 0.4) is 0 Å². The van der Waals surface area contributed by atoms with Crippen molar-refractivity contribution in [2.75, 3.05) is 31.4 Å². The maximum absolute atomic E-state index is 13.7. The van der Waals surface area contributed by atoms with Gasteiger partial charge in [-0.2, -0.15) is 0 Å². The second kappa shape index (κ2) is 48.0. The molecular weight excluding hydrogens is 1780 g/mol. The van der Waals surface area contributed by atoms with Gasteiger partial charge < -0.3 is 61.1 Å².